The molecule has 1 saturated carbocycles. The van der Waals surface area contributed by atoms with Crippen LogP contribution in [0.25, 0.3) is 10.2 Å². The predicted octanol–water partition coefficient (Wildman–Crippen LogP) is 4.80. The van der Waals surface area contributed by atoms with Gasteiger partial charge in [-0.15, -0.1) is 11.3 Å². The zero-order valence-electron chi connectivity index (χ0n) is 13.7. The number of anilines is 1. The van der Waals surface area contributed by atoms with E-state index in [-0.39, 0.29) is 12.7 Å². The number of aromatic nitrogens is 1. The molecule has 1 aliphatic carbocycles. The largest absolute Gasteiger partial charge is 0.454 e. The van der Waals surface area contributed by atoms with Crippen molar-refractivity contribution in [3.8, 4) is 11.5 Å². The van der Waals surface area contributed by atoms with E-state index in [0.717, 1.165) is 24.2 Å². The number of carbonyl (C=O) groups is 1. The standard InChI is InChI=1S/C19H18N2O3S/c22-19(20-12-5-6-16-17(9-12)24-11-23-16)15-10-18-14(7-8-25-18)21(15)13-3-1-2-4-13/h5-10,13H,1-4,11H2,(H,20,22). The summed E-state index contributed by atoms with van der Waals surface area (Å²) in [5.74, 6) is 1.31. The Hall–Kier alpha value is -2.47. The summed E-state index contributed by atoms with van der Waals surface area (Å²) in [5, 5.41) is 5.10. The molecule has 128 valence electrons. The quantitative estimate of drug-likeness (QED) is 0.735. The van der Waals surface area contributed by atoms with Crippen molar-refractivity contribution in [3.05, 3.63) is 41.4 Å². The SMILES string of the molecule is O=C(Nc1ccc2c(c1)OCO2)c1cc2sccc2n1C1CCCC1. The van der Waals surface area contributed by atoms with Crippen molar-refractivity contribution in [1.29, 1.82) is 0 Å². The minimum Gasteiger partial charge on any atom is -0.454 e. The molecule has 0 radical (unpaired) electrons. The zero-order valence-corrected chi connectivity index (χ0v) is 14.5. The molecule has 3 heterocycles. The second kappa shape index (κ2) is 5.81. The van der Waals surface area contributed by atoms with Crippen LogP contribution in [0.3, 0.4) is 0 Å². The zero-order chi connectivity index (χ0) is 16.8. The van der Waals surface area contributed by atoms with Gasteiger partial charge in [0.25, 0.3) is 5.91 Å². The topological polar surface area (TPSA) is 52.5 Å². The first-order valence-electron chi connectivity index (χ1n) is 8.59. The van der Waals surface area contributed by atoms with Gasteiger partial charge >= 0.3 is 0 Å². The Labute approximate surface area is 149 Å². The number of fused-ring (bicyclic) bond motifs is 2. The Bertz CT molecular complexity index is 953. The molecule has 6 heteroatoms. The Morgan fingerprint density at radius 2 is 1.96 bits per heavy atom. The van der Waals surface area contributed by atoms with Crippen molar-refractivity contribution in [2.45, 2.75) is 31.7 Å². The summed E-state index contributed by atoms with van der Waals surface area (Å²) in [5.41, 5.74) is 2.64. The van der Waals surface area contributed by atoms with Gasteiger partial charge in [-0.25, -0.2) is 0 Å². The summed E-state index contributed by atoms with van der Waals surface area (Å²) in [6, 6.07) is 10.0. The molecule has 0 bridgehead atoms. The molecule has 0 atom stereocenters. The Balaban J connectivity index is 1.49. The van der Waals surface area contributed by atoms with Crippen LogP contribution in [0.2, 0.25) is 0 Å². The van der Waals surface area contributed by atoms with Crippen LogP contribution < -0.4 is 14.8 Å². The van der Waals surface area contributed by atoms with Gasteiger partial charge in [-0.1, -0.05) is 12.8 Å². The smallest absolute Gasteiger partial charge is 0.272 e. The first-order chi connectivity index (χ1) is 12.3. The molecular formula is C19H18N2O3S. The van der Waals surface area contributed by atoms with Crippen molar-refractivity contribution in [1.82, 2.24) is 4.57 Å². The number of ether oxygens (including phenoxy) is 2. The molecule has 2 aliphatic rings. The average molecular weight is 354 g/mol. The average Bonchev–Trinajstić information content (AvgIpc) is 3.37. The van der Waals surface area contributed by atoms with Crippen molar-refractivity contribution < 1.29 is 14.3 Å². The van der Waals surface area contributed by atoms with Gasteiger partial charge in [-0.05, 0) is 42.5 Å². The van der Waals surface area contributed by atoms with E-state index in [0.29, 0.717) is 17.5 Å². The summed E-state index contributed by atoms with van der Waals surface area (Å²) < 4.78 is 14.1. The lowest BCUT2D eigenvalue weighted by Crippen LogP contribution is -2.19. The van der Waals surface area contributed by atoms with Crippen molar-refractivity contribution in [2.75, 3.05) is 12.1 Å². The Kier molecular flexibility index (Phi) is 3.45. The van der Waals surface area contributed by atoms with Crippen LogP contribution in [0.4, 0.5) is 5.69 Å². The summed E-state index contributed by atoms with van der Waals surface area (Å²) in [4.78, 5) is 13.0. The third kappa shape index (κ3) is 2.48. The molecule has 2 aromatic heterocycles. The van der Waals surface area contributed by atoms with Gasteiger partial charge in [0.15, 0.2) is 11.5 Å². The van der Waals surface area contributed by atoms with E-state index in [2.05, 4.69) is 21.3 Å². The number of nitrogens with zero attached hydrogens (tertiary/aromatic N) is 1. The second-order valence-corrected chi connectivity index (χ2v) is 7.48. The number of hydrogen-bond donors (Lipinski definition) is 1. The van der Waals surface area contributed by atoms with Crippen LogP contribution in [0.5, 0.6) is 11.5 Å². The number of amides is 1. The highest BCUT2D eigenvalue weighted by Crippen LogP contribution is 2.37. The van der Waals surface area contributed by atoms with Crippen LogP contribution in [0, 0.1) is 0 Å². The molecule has 3 aromatic rings. The number of carbonyl (C=O) groups excluding carboxylic acids is 1. The summed E-state index contributed by atoms with van der Waals surface area (Å²) in [6.07, 6.45) is 4.75. The third-order valence-electron chi connectivity index (χ3n) is 5.01. The van der Waals surface area contributed by atoms with E-state index in [1.165, 1.54) is 23.1 Å². The lowest BCUT2D eigenvalue weighted by atomic mass is 10.2. The number of hydrogen-bond acceptors (Lipinski definition) is 4. The molecule has 0 spiro atoms. The molecule has 1 aromatic carbocycles. The van der Waals surface area contributed by atoms with Gasteiger partial charge in [0, 0.05) is 17.8 Å². The minimum atomic E-state index is -0.0748. The molecule has 0 unspecified atom stereocenters. The summed E-state index contributed by atoms with van der Waals surface area (Å²) >= 11 is 1.68. The fourth-order valence-electron chi connectivity index (χ4n) is 3.84. The highest BCUT2D eigenvalue weighted by molar-refractivity contribution is 7.17. The number of rotatable bonds is 3. The Morgan fingerprint density at radius 1 is 1.12 bits per heavy atom. The number of benzene rings is 1. The van der Waals surface area contributed by atoms with E-state index in [9.17, 15) is 4.79 Å². The molecule has 5 rings (SSSR count). The normalized spacial score (nSPS) is 16.6. The fourth-order valence-corrected chi connectivity index (χ4v) is 4.66. The van der Waals surface area contributed by atoms with Crippen molar-refractivity contribution in [3.63, 3.8) is 0 Å². The van der Waals surface area contributed by atoms with Crippen LogP contribution in [-0.2, 0) is 0 Å². The molecule has 25 heavy (non-hydrogen) atoms. The molecule has 1 N–H and O–H groups in total. The van der Waals surface area contributed by atoms with Gasteiger partial charge in [0.05, 0.1) is 10.2 Å². The van der Waals surface area contributed by atoms with Crippen LogP contribution in [0.15, 0.2) is 35.7 Å². The van der Waals surface area contributed by atoms with Gasteiger partial charge in [0.1, 0.15) is 5.69 Å². The highest BCUT2D eigenvalue weighted by atomic mass is 32.1. The molecule has 5 nitrogen and oxygen atoms in total. The van der Waals surface area contributed by atoms with Crippen LogP contribution >= 0.6 is 11.3 Å². The summed E-state index contributed by atoms with van der Waals surface area (Å²) in [7, 11) is 0. The maximum atomic E-state index is 13.0. The van der Waals surface area contributed by atoms with Crippen LogP contribution in [-0.4, -0.2) is 17.3 Å². The first-order valence-corrected chi connectivity index (χ1v) is 9.47. The fraction of sp³-hybridized carbons (Fsp3) is 0.316. The van der Waals surface area contributed by atoms with Crippen molar-refractivity contribution in [2.24, 2.45) is 0 Å². The lowest BCUT2D eigenvalue weighted by Gasteiger charge is -2.17. The van der Waals surface area contributed by atoms with E-state index in [1.54, 1.807) is 11.3 Å². The highest BCUT2D eigenvalue weighted by Gasteiger charge is 2.25. The maximum absolute atomic E-state index is 13.0. The molecule has 1 fully saturated rings. The van der Waals surface area contributed by atoms with Gasteiger partial charge in [-0.2, -0.15) is 0 Å². The van der Waals surface area contributed by atoms with Crippen LogP contribution in [0.1, 0.15) is 42.2 Å². The second-order valence-electron chi connectivity index (χ2n) is 6.53. The van der Waals surface area contributed by atoms with Gasteiger partial charge in [-0.3, -0.25) is 4.79 Å². The molecule has 1 aliphatic heterocycles. The molecular weight excluding hydrogens is 336 g/mol. The van der Waals surface area contributed by atoms with E-state index >= 15 is 0 Å². The number of nitrogens with one attached hydrogen (secondary N) is 1. The number of thiophene rings is 1. The maximum Gasteiger partial charge on any atom is 0.272 e. The molecule has 1 amide bonds. The predicted molar refractivity (Wildman–Crippen MR) is 97.8 cm³/mol. The van der Waals surface area contributed by atoms with E-state index in [4.69, 9.17) is 9.47 Å². The third-order valence-corrected chi connectivity index (χ3v) is 5.87. The minimum absolute atomic E-state index is 0.0748. The van der Waals surface area contributed by atoms with Gasteiger partial charge in [0.2, 0.25) is 6.79 Å². The molecule has 0 saturated heterocycles. The lowest BCUT2D eigenvalue weighted by molar-refractivity contribution is 0.101. The first kappa shape index (κ1) is 14.8. The van der Waals surface area contributed by atoms with E-state index in [1.807, 2.05) is 24.3 Å². The Morgan fingerprint density at radius 3 is 2.84 bits per heavy atom. The van der Waals surface area contributed by atoms with E-state index < -0.39 is 0 Å². The summed E-state index contributed by atoms with van der Waals surface area (Å²) in [6.45, 7) is 0.230. The van der Waals surface area contributed by atoms with Gasteiger partial charge < -0.3 is 19.4 Å². The van der Waals surface area contributed by atoms with Crippen molar-refractivity contribution >= 4 is 33.1 Å². The monoisotopic (exact) mass is 354 g/mol.